The molecule has 0 unspecified atom stereocenters. The largest absolute Gasteiger partial charge is 0.389 e. The number of hydrogen-bond acceptors (Lipinski definition) is 3. The number of anilines is 2. The summed E-state index contributed by atoms with van der Waals surface area (Å²) in [6.45, 7) is 4.18. The molecule has 0 atom stereocenters. The van der Waals surface area contributed by atoms with E-state index in [0.717, 1.165) is 17.1 Å². The van der Waals surface area contributed by atoms with Gasteiger partial charge in [0.15, 0.2) is 0 Å². The molecule has 0 amide bonds. The molecule has 98 valence electrons. The fourth-order valence-corrected chi connectivity index (χ4v) is 2.19. The Hall–Kier alpha value is -1.94. The number of aryl methyl sites for hydroxylation is 2. The number of benzene rings is 1. The van der Waals surface area contributed by atoms with Crippen LogP contribution in [0.5, 0.6) is 0 Å². The first-order valence-corrected chi connectivity index (χ1v) is 6.46. The summed E-state index contributed by atoms with van der Waals surface area (Å²) < 4.78 is 0. The predicted molar refractivity (Wildman–Crippen MR) is 84.1 cm³/mol. The third kappa shape index (κ3) is 2.90. The zero-order valence-electron chi connectivity index (χ0n) is 11.3. The Morgan fingerprint density at radius 2 is 1.95 bits per heavy atom. The lowest BCUT2D eigenvalue weighted by Crippen LogP contribution is -2.15. The van der Waals surface area contributed by atoms with Crippen molar-refractivity contribution in [2.75, 3.05) is 11.9 Å². The lowest BCUT2D eigenvalue weighted by Gasteiger charge is -2.21. The van der Waals surface area contributed by atoms with Crippen LogP contribution in [0.1, 0.15) is 16.7 Å². The number of nitrogens with zero attached hydrogens (tertiary/aromatic N) is 2. The third-order valence-electron chi connectivity index (χ3n) is 3.09. The Morgan fingerprint density at radius 3 is 2.58 bits per heavy atom. The minimum atomic E-state index is 0.387. The molecular formula is C15H17N3S. The highest BCUT2D eigenvalue weighted by Crippen LogP contribution is 2.26. The molecule has 0 bridgehead atoms. The van der Waals surface area contributed by atoms with Crippen LogP contribution in [0.25, 0.3) is 0 Å². The molecule has 1 heterocycles. The van der Waals surface area contributed by atoms with Crippen molar-refractivity contribution < 1.29 is 0 Å². The van der Waals surface area contributed by atoms with Gasteiger partial charge in [-0.05, 0) is 37.6 Å². The zero-order chi connectivity index (χ0) is 14.0. The highest BCUT2D eigenvalue weighted by atomic mass is 32.1. The summed E-state index contributed by atoms with van der Waals surface area (Å²) in [6.07, 6.45) is 1.73. The van der Waals surface area contributed by atoms with E-state index in [1.807, 2.05) is 24.1 Å². The highest BCUT2D eigenvalue weighted by Gasteiger charge is 2.09. The number of pyridine rings is 1. The second-order valence-electron chi connectivity index (χ2n) is 4.62. The predicted octanol–water partition coefficient (Wildman–Crippen LogP) is 3.10. The molecule has 0 fully saturated rings. The second kappa shape index (κ2) is 5.36. The number of thiocarbonyl (C=S) groups is 1. The normalized spacial score (nSPS) is 10.3. The van der Waals surface area contributed by atoms with Crippen molar-refractivity contribution in [2.24, 2.45) is 5.73 Å². The van der Waals surface area contributed by atoms with Gasteiger partial charge in [-0.25, -0.2) is 4.98 Å². The summed E-state index contributed by atoms with van der Waals surface area (Å²) >= 11 is 5.00. The van der Waals surface area contributed by atoms with Crippen molar-refractivity contribution in [1.82, 2.24) is 4.98 Å². The SMILES string of the molecule is Cc1ccc(N(C)c2cc(C(N)=S)ccn2)c(C)c1. The van der Waals surface area contributed by atoms with E-state index in [0.29, 0.717) is 4.99 Å². The van der Waals surface area contributed by atoms with Crippen molar-refractivity contribution in [2.45, 2.75) is 13.8 Å². The average molecular weight is 271 g/mol. The molecule has 0 radical (unpaired) electrons. The monoisotopic (exact) mass is 271 g/mol. The fourth-order valence-electron chi connectivity index (χ4n) is 2.06. The number of hydrogen-bond donors (Lipinski definition) is 1. The molecule has 1 aromatic carbocycles. The lowest BCUT2D eigenvalue weighted by atomic mass is 10.1. The van der Waals surface area contributed by atoms with E-state index in [-0.39, 0.29) is 0 Å². The summed E-state index contributed by atoms with van der Waals surface area (Å²) in [5.74, 6) is 0.831. The molecule has 0 aliphatic rings. The molecule has 0 spiro atoms. The molecule has 4 heteroatoms. The van der Waals surface area contributed by atoms with Crippen LogP contribution < -0.4 is 10.6 Å². The van der Waals surface area contributed by atoms with Crippen molar-refractivity contribution in [3.63, 3.8) is 0 Å². The summed E-state index contributed by atoms with van der Waals surface area (Å²) in [7, 11) is 1.99. The fraction of sp³-hybridized carbons (Fsp3) is 0.200. The molecule has 0 saturated carbocycles. The molecule has 2 rings (SSSR count). The summed E-state index contributed by atoms with van der Waals surface area (Å²) in [5.41, 5.74) is 10.1. The maximum atomic E-state index is 5.66. The molecular weight excluding hydrogens is 254 g/mol. The second-order valence-corrected chi connectivity index (χ2v) is 5.06. The minimum Gasteiger partial charge on any atom is -0.389 e. The Morgan fingerprint density at radius 1 is 1.21 bits per heavy atom. The minimum absolute atomic E-state index is 0.387. The van der Waals surface area contributed by atoms with Crippen molar-refractivity contribution in [1.29, 1.82) is 0 Å². The smallest absolute Gasteiger partial charge is 0.133 e. The first-order valence-electron chi connectivity index (χ1n) is 6.06. The van der Waals surface area contributed by atoms with Gasteiger partial charge in [-0.1, -0.05) is 29.9 Å². The van der Waals surface area contributed by atoms with Crippen LogP contribution >= 0.6 is 12.2 Å². The Kier molecular flexibility index (Phi) is 3.81. The third-order valence-corrected chi connectivity index (χ3v) is 3.32. The Balaban J connectivity index is 2.41. The molecule has 1 aromatic heterocycles. The summed E-state index contributed by atoms with van der Waals surface area (Å²) in [4.78, 5) is 6.80. The van der Waals surface area contributed by atoms with Crippen LogP contribution in [0.15, 0.2) is 36.5 Å². The first kappa shape index (κ1) is 13.5. The van der Waals surface area contributed by atoms with Gasteiger partial charge in [-0.15, -0.1) is 0 Å². The van der Waals surface area contributed by atoms with Crippen LogP contribution in [0.3, 0.4) is 0 Å². The van der Waals surface area contributed by atoms with Gasteiger partial charge in [0.1, 0.15) is 10.8 Å². The average Bonchev–Trinajstić information content (AvgIpc) is 2.38. The molecule has 2 N–H and O–H groups in total. The zero-order valence-corrected chi connectivity index (χ0v) is 12.2. The lowest BCUT2D eigenvalue weighted by molar-refractivity contribution is 1.11. The maximum Gasteiger partial charge on any atom is 0.133 e. The molecule has 2 aromatic rings. The molecule has 3 nitrogen and oxygen atoms in total. The van der Waals surface area contributed by atoms with Crippen LogP contribution in [0, 0.1) is 13.8 Å². The Labute approximate surface area is 119 Å². The molecule has 0 aliphatic carbocycles. The number of aromatic nitrogens is 1. The van der Waals surface area contributed by atoms with E-state index < -0.39 is 0 Å². The van der Waals surface area contributed by atoms with Gasteiger partial charge in [-0.3, -0.25) is 0 Å². The highest BCUT2D eigenvalue weighted by molar-refractivity contribution is 7.80. The first-order chi connectivity index (χ1) is 8.99. The Bertz CT molecular complexity index is 623. The quantitative estimate of drug-likeness (QED) is 0.871. The van der Waals surface area contributed by atoms with Crippen molar-refractivity contribution in [3.8, 4) is 0 Å². The summed E-state index contributed by atoms with van der Waals surface area (Å²) in [6, 6.07) is 10.1. The van der Waals surface area contributed by atoms with E-state index in [2.05, 4.69) is 37.0 Å². The van der Waals surface area contributed by atoms with Crippen LogP contribution in [0.4, 0.5) is 11.5 Å². The van der Waals surface area contributed by atoms with Gasteiger partial charge in [0.05, 0.1) is 0 Å². The van der Waals surface area contributed by atoms with Crippen LogP contribution in [-0.4, -0.2) is 17.0 Å². The number of rotatable bonds is 3. The van der Waals surface area contributed by atoms with E-state index in [1.54, 1.807) is 6.20 Å². The van der Waals surface area contributed by atoms with Crippen LogP contribution in [0.2, 0.25) is 0 Å². The van der Waals surface area contributed by atoms with E-state index in [4.69, 9.17) is 18.0 Å². The van der Waals surface area contributed by atoms with Crippen molar-refractivity contribution >= 4 is 28.7 Å². The summed E-state index contributed by atoms with van der Waals surface area (Å²) in [5, 5.41) is 0. The van der Waals surface area contributed by atoms with E-state index >= 15 is 0 Å². The topological polar surface area (TPSA) is 42.1 Å². The molecule has 0 saturated heterocycles. The number of nitrogens with two attached hydrogens (primary N) is 1. The van der Waals surface area contributed by atoms with Gasteiger partial charge >= 0.3 is 0 Å². The van der Waals surface area contributed by atoms with Gasteiger partial charge in [0, 0.05) is 24.5 Å². The maximum absolute atomic E-state index is 5.66. The van der Waals surface area contributed by atoms with Gasteiger partial charge in [0.25, 0.3) is 0 Å². The van der Waals surface area contributed by atoms with E-state index in [1.165, 1.54) is 11.1 Å². The standard InChI is InChI=1S/C15H17N3S/c1-10-4-5-13(11(2)8-10)18(3)14-9-12(15(16)19)6-7-17-14/h4-9H,1-3H3,(H2,16,19). The van der Waals surface area contributed by atoms with E-state index in [9.17, 15) is 0 Å². The van der Waals surface area contributed by atoms with Crippen molar-refractivity contribution in [3.05, 3.63) is 53.2 Å². The molecule has 19 heavy (non-hydrogen) atoms. The van der Waals surface area contributed by atoms with Gasteiger partial charge in [0.2, 0.25) is 0 Å². The van der Waals surface area contributed by atoms with Crippen LogP contribution in [-0.2, 0) is 0 Å². The van der Waals surface area contributed by atoms with Gasteiger partial charge in [-0.2, -0.15) is 0 Å². The van der Waals surface area contributed by atoms with Gasteiger partial charge < -0.3 is 10.6 Å². The molecule has 0 aliphatic heterocycles.